The van der Waals surface area contributed by atoms with Gasteiger partial charge in [0.15, 0.2) is 0 Å². The number of hydrogen-bond acceptors (Lipinski definition) is 3. The number of aromatic nitrogens is 2. The monoisotopic (exact) mass is 413 g/mol. The van der Waals surface area contributed by atoms with Gasteiger partial charge in [0.1, 0.15) is 0 Å². The average molecular weight is 414 g/mol. The number of sulfonamides is 1. The summed E-state index contributed by atoms with van der Waals surface area (Å²) in [5.41, 5.74) is 1.86. The number of aryl methyl sites for hydroxylation is 1. The molecule has 0 N–H and O–H groups in total. The Labute approximate surface area is 152 Å². The summed E-state index contributed by atoms with van der Waals surface area (Å²) < 4.78 is 29.4. The van der Waals surface area contributed by atoms with Gasteiger partial charge in [0.05, 0.1) is 21.6 Å². The number of hydrogen-bond donors (Lipinski definition) is 0. The molecule has 0 saturated carbocycles. The Bertz CT molecular complexity index is 783. The van der Waals surface area contributed by atoms with Crippen molar-refractivity contribution in [2.45, 2.75) is 45.2 Å². The van der Waals surface area contributed by atoms with Crippen LogP contribution in [0.2, 0.25) is 0 Å². The molecule has 0 aliphatic carbocycles. The highest BCUT2D eigenvalue weighted by Crippen LogP contribution is 2.21. The molecule has 0 aliphatic rings. The smallest absolute Gasteiger partial charge is 0.243 e. The molecule has 24 heavy (non-hydrogen) atoms. The van der Waals surface area contributed by atoms with Crippen molar-refractivity contribution in [1.82, 2.24) is 14.1 Å². The maximum Gasteiger partial charge on any atom is 0.243 e. The Kier molecular flexibility index (Phi) is 6.22. The molecular weight excluding hydrogens is 390 g/mol. The SMILES string of the molecule is CCn1cc(Br)c(CN(C)S(=O)(=O)c2ccc(CC(C)C)cc2)n1. The number of nitrogens with zero attached hydrogens (tertiary/aromatic N) is 3. The standard InChI is InChI=1S/C17H24BrN3O2S/c1-5-21-11-16(18)17(19-21)12-20(4)24(22,23)15-8-6-14(7-9-15)10-13(2)3/h6-9,11,13H,5,10,12H2,1-4H3. The van der Waals surface area contributed by atoms with Gasteiger partial charge in [0.2, 0.25) is 10.0 Å². The minimum atomic E-state index is -3.53. The van der Waals surface area contributed by atoms with Crippen LogP contribution in [0, 0.1) is 5.92 Å². The zero-order valence-electron chi connectivity index (χ0n) is 14.5. The first-order chi connectivity index (χ1) is 11.2. The minimum absolute atomic E-state index is 0.226. The molecule has 2 aromatic rings. The minimum Gasteiger partial charge on any atom is -0.272 e. The van der Waals surface area contributed by atoms with Crippen molar-refractivity contribution in [3.63, 3.8) is 0 Å². The molecule has 0 aliphatic heterocycles. The van der Waals surface area contributed by atoms with Gasteiger partial charge in [-0.25, -0.2) is 8.42 Å². The van der Waals surface area contributed by atoms with Crippen molar-refractivity contribution in [3.05, 3.63) is 46.2 Å². The van der Waals surface area contributed by atoms with Gasteiger partial charge in [0.25, 0.3) is 0 Å². The van der Waals surface area contributed by atoms with Crippen molar-refractivity contribution < 1.29 is 8.42 Å². The second kappa shape index (κ2) is 7.80. The second-order valence-corrected chi connectivity index (χ2v) is 9.18. The van der Waals surface area contributed by atoms with Crippen LogP contribution >= 0.6 is 15.9 Å². The van der Waals surface area contributed by atoms with Gasteiger partial charge in [0, 0.05) is 19.8 Å². The highest BCUT2D eigenvalue weighted by molar-refractivity contribution is 9.10. The van der Waals surface area contributed by atoms with Crippen LogP contribution in [0.5, 0.6) is 0 Å². The van der Waals surface area contributed by atoms with E-state index in [-0.39, 0.29) is 6.54 Å². The zero-order chi connectivity index (χ0) is 17.9. The molecule has 0 radical (unpaired) electrons. The highest BCUT2D eigenvalue weighted by Gasteiger charge is 2.22. The van der Waals surface area contributed by atoms with Crippen LogP contribution in [0.25, 0.3) is 0 Å². The van der Waals surface area contributed by atoms with Gasteiger partial charge in [-0.2, -0.15) is 9.40 Å². The molecule has 0 unspecified atom stereocenters. The fourth-order valence-electron chi connectivity index (χ4n) is 2.45. The van der Waals surface area contributed by atoms with Crippen molar-refractivity contribution in [3.8, 4) is 0 Å². The summed E-state index contributed by atoms with van der Waals surface area (Å²) >= 11 is 3.44. The predicted molar refractivity (Wildman–Crippen MR) is 99.2 cm³/mol. The van der Waals surface area contributed by atoms with Gasteiger partial charge < -0.3 is 0 Å². The summed E-state index contributed by atoms with van der Waals surface area (Å²) in [6, 6.07) is 7.15. The molecule has 0 saturated heterocycles. The molecule has 132 valence electrons. The first kappa shape index (κ1) is 19.1. The van der Waals surface area contributed by atoms with Crippen molar-refractivity contribution in [2.75, 3.05) is 7.05 Å². The zero-order valence-corrected chi connectivity index (χ0v) is 16.9. The van der Waals surface area contributed by atoms with E-state index in [2.05, 4.69) is 34.9 Å². The Morgan fingerprint density at radius 1 is 1.25 bits per heavy atom. The summed E-state index contributed by atoms with van der Waals surface area (Å²) in [5.74, 6) is 0.543. The molecule has 0 atom stereocenters. The first-order valence-electron chi connectivity index (χ1n) is 8.01. The van der Waals surface area contributed by atoms with Crippen LogP contribution < -0.4 is 0 Å². The third kappa shape index (κ3) is 4.46. The fraction of sp³-hybridized carbons (Fsp3) is 0.471. The molecule has 2 rings (SSSR count). The van der Waals surface area contributed by atoms with E-state index >= 15 is 0 Å². The lowest BCUT2D eigenvalue weighted by molar-refractivity contribution is 0.458. The van der Waals surface area contributed by atoms with Gasteiger partial charge >= 0.3 is 0 Å². The van der Waals surface area contributed by atoms with E-state index in [4.69, 9.17) is 0 Å². The molecule has 1 aromatic heterocycles. The summed E-state index contributed by atoms with van der Waals surface area (Å²) in [7, 11) is -1.96. The van der Waals surface area contributed by atoms with E-state index in [1.165, 1.54) is 4.31 Å². The number of rotatable bonds is 7. The summed E-state index contributed by atoms with van der Waals surface area (Å²) in [6.07, 6.45) is 2.80. The van der Waals surface area contributed by atoms with Crippen molar-refractivity contribution in [2.24, 2.45) is 5.92 Å². The van der Waals surface area contributed by atoms with Crippen LogP contribution in [0.1, 0.15) is 32.0 Å². The Hall–Kier alpha value is -1.18. The third-order valence-corrected chi connectivity index (χ3v) is 6.24. The van der Waals surface area contributed by atoms with Crippen molar-refractivity contribution >= 4 is 26.0 Å². The molecule has 1 heterocycles. The normalized spacial score (nSPS) is 12.3. The van der Waals surface area contributed by atoms with Gasteiger partial charge in [-0.15, -0.1) is 0 Å². The van der Waals surface area contributed by atoms with E-state index in [1.54, 1.807) is 23.9 Å². The van der Waals surface area contributed by atoms with E-state index in [9.17, 15) is 8.42 Å². The van der Waals surface area contributed by atoms with Crippen LogP contribution in [0.4, 0.5) is 0 Å². The van der Waals surface area contributed by atoms with Crippen LogP contribution in [0.15, 0.2) is 39.8 Å². The van der Waals surface area contributed by atoms with Crippen LogP contribution in [-0.4, -0.2) is 29.6 Å². The van der Waals surface area contributed by atoms with Gasteiger partial charge in [-0.1, -0.05) is 26.0 Å². The first-order valence-corrected chi connectivity index (χ1v) is 10.2. The van der Waals surface area contributed by atoms with E-state index in [0.717, 1.165) is 23.0 Å². The Morgan fingerprint density at radius 2 is 1.88 bits per heavy atom. The maximum atomic E-state index is 12.7. The highest BCUT2D eigenvalue weighted by atomic mass is 79.9. The lowest BCUT2D eigenvalue weighted by Crippen LogP contribution is -2.27. The second-order valence-electron chi connectivity index (χ2n) is 6.28. The molecule has 5 nitrogen and oxygen atoms in total. The third-order valence-electron chi connectivity index (χ3n) is 3.76. The predicted octanol–water partition coefficient (Wildman–Crippen LogP) is 3.68. The van der Waals surface area contributed by atoms with Gasteiger partial charge in [-0.3, -0.25) is 4.68 Å². The summed E-state index contributed by atoms with van der Waals surface area (Å²) in [6.45, 7) is 7.25. The van der Waals surface area contributed by atoms with Crippen LogP contribution in [-0.2, 0) is 29.5 Å². The quantitative estimate of drug-likeness (QED) is 0.695. The molecule has 1 aromatic carbocycles. The molecule has 0 fully saturated rings. The Morgan fingerprint density at radius 3 is 2.38 bits per heavy atom. The van der Waals surface area contributed by atoms with Crippen LogP contribution in [0.3, 0.4) is 0 Å². The average Bonchev–Trinajstić information content (AvgIpc) is 2.87. The van der Waals surface area contributed by atoms with E-state index in [0.29, 0.717) is 16.5 Å². The lowest BCUT2D eigenvalue weighted by atomic mass is 10.0. The molecule has 0 amide bonds. The van der Waals surface area contributed by atoms with Crippen molar-refractivity contribution in [1.29, 1.82) is 0 Å². The van der Waals surface area contributed by atoms with Gasteiger partial charge in [-0.05, 0) is 52.9 Å². The molecule has 0 spiro atoms. The molecular formula is C17H24BrN3O2S. The largest absolute Gasteiger partial charge is 0.272 e. The van der Waals surface area contributed by atoms with E-state index in [1.807, 2.05) is 25.3 Å². The van der Waals surface area contributed by atoms with E-state index < -0.39 is 10.0 Å². The maximum absolute atomic E-state index is 12.7. The topological polar surface area (TPSA) is 55.2 Å². The fourth-order valence-corrected chi connectivity index (χ4v) is 4.02. The number of halogens is 1. The lowest BCUT2D eigenvalue weighted by Gasteiger charge is -2.17. The summed E-state index contributed by atoms with van der Waals surface area (Å²) in [5, 5.41) is 4.39. The molecule has 0 bridgehead atoms. The molecule has 7 heteroatoms. The summed E-state index contributed by atoms with van der Waals surface area (Å²) in [4.78, 5) is 0.309. The number of benzene rings is 1. The Balaban J connectivity index is 2.17.